The number of guanidine groups is 1. The van der Waals surface area contributed by atoms with Crippen LogP contribution in [0.2, 0.25) is 0 Å². The van der Waals surface area contributed by atoms with Crippen LogP contribution in [0.5, 0.6) is 0 Å². The first-order chi connectivity index (χ1) is 14.5. The number of para-hydroxylation sites is 1. The zero-order valence-corrected chi connectivity index (χ0v) is 18.6. The molecule has 0 bridgehead atoms. The molecule has 162 valence electrons. The minimum Gasteiger partial charge on any atom is -0.356 e. The van der Waals surface area contributed by atoms with E-state index in [4.69, 9.17) is 0 Å². The van der Waals surface area contributed by atoms with E-state index in [1.807, 2.05) is 28.6 Å². The second kappa shape index (κ2) is 10.3. The predicted molar refractivity (Wildman–Crippen MR) is 121 cm³/mol. The van der Waals surface area contributed by atoms with Gasteiger partial charge in [-0.2, -0.15) is 5.10 Å². The predicted octanol–water partition coefficient (Wildman–Crippen LogP) is 2.95. The number of nitrogens with one attached hydrogen (secondary N) is 2. The summed E-state index contributed by atoms with van der Waals surface area (Å²) in [5, 5.41) is 11.4. The Labute approximate surface area is 179 Å². The Kier molecular flexibility index (Phi) is 7.49. The highest BCUT2D eigenvalue weighted by Crippen LogP contribution is 2.18. The SMILES string of the molecule is CCC(CCNC(=NC)NCc1ccccc1-n1nc(C)cc1C)N1CCCC1=O. The van der Waals surface area contributed by atoms with Crippen LogP contribution in [-0.4, -0.2) is 52.7 Å². The van der Waals surface area contributed by atoms with Crippen molar-refractivity contribution in [2.24, 2.45) is 4.99 Å². The van der Waals surface area contributed by atoms with Crippen molar-refractivity contribution in [3.63, 3.8) is 0 Å². The van der Waals surface area contributed by atoms with Gasteiger partial charge in [-0.15, -0.1) is 0 Å². The highest BCUT2D eigenvalue weighted by molar-refractivity contribution is 5.80. The van der Waals surface area contributed by atoms with E-state index in [0.29, 0.717) is 24.9 Å². The summed E-state index contributed by atoms with van der Waals surface area (Å²) < 4.78 is 1.99. The Morgan fingerprint density at radius 2 is 2.07 bits per heavy atom. The molecule has 1 aliphatic heterocycles. The normalized spacial score (nSPS) is 15.5. The highest BCUT2D eigenvalue weighted by Gasteiger charge is 2.26. The van der Waals surface area contributed by atoms with E-state index in [2.05, 4.69) is 52.8 Å². The van der Waals surface area contributed by atoms with Crippen LogP contribution in [0.25, 0.3) is 5.69 Å². The lowest BCUT2D eigenvalue weighted by atomic mass is 10.1. The number of hydrogen-bond acceptors (Lipinski definition) is 3. The van der Waals surface area contributed by atoms with Gasteiger partial charge in [0.15, 0.2) is 5.96 Å². The van der Waals surface area contributed by atoms with Crippen molar-refractivity contribution in [3.05, 3.63) is 47.3 Å². The molecule has 0 spiro atoms. The van der Waals surface area contributed by atoms with Crippen molar-refractivity contribution in [1.82, 2.24) is 25.3 Å². The van der Waals surface area contributed by atoms with E-state index in [9.17, 15) is 4.79 Å². The third-order valence-corrected chi connectivity index (χ3v) is 5.69. The van der Waals surface area contributed by atoms with Crippen LogP contribution in [0.3, 0.4) is 0 Å². The molecule has 1 amide bonds. The van der Waals surface area contributed by atoms with Crippen molar-refractivity contribution in [2.45, 2.75) is 59.0 Å². The van der Waals surface area contributed by atoms with E-state index in [1.165, 1.54) is 0 Å². The molecule has 1 aromatic carbocycles. The number of aryl methyl sites for hydroxylation is 2. The van der Waals surface area contributed by atoms with Gasteiger partial charge in [-0.1, -0.05) is 25.1 Å². The molecule has 1 saturated heterocycles. The van der Waals surface area contributed by atoms with Gasteiger partial charge in [-0.3, -0.25) is 9.79 Å². The maximum absolute atomic E-state index is 12.0. The minimum atomic E-state index is 0.296. The standard InChI is InChI=1S/C23H34N6O/c1-5-20(28-14-8-11-22(28)30)12-13-25-23(24-4)26-16-19-9-6-7-10-21(19)29-18(3)15-17(2)27-29/h6-7,9-10,15,20H,5,8,11-14,16H2,1-4H3,(H2,24,25,26). The summed E-state index contributed by atoms with van der Waals surface area (Å²) >= 11 is 0. The summed E-state index contributed by atoms with van der Waals surface area (Å²) in [6, 6.07) is 10.7. The first kappa shape index (κ1) is 21.9. The monoisotopic (exact) mass is 410 g/mol. The van der Waals surface area contributed by atoms with Crippen LogP contribution in [-0.2, 0) is 11.3 Å². The third kappa shape index (κ3) is 5.20. The average molecular weight is 411 g/mol. The lowest BCUT2D eigenvalue weighted by Crippen LogP contribution is -2.41. The summed E-state index contributed by atoms with van der Waals surface area (Å²) in [5.41, 5.74) is 4.35. The lowest BCUT2D eigenvalue weighted by molar-refractivity contribution is -0.129. The van der Waals surface area contributed by atoms with Gasteiger partial charge < -0.3 is 15.5 Å². The maximum atomic E-state index is 12.0. The molecule has 1 fully saturated rings. The van der Waals surface area contributed by atoms with Gasteiger partial charge >= 0.3 is 0 Å². The first-order valence-electron chi connectivity index (χ1n) is 10.9. The van der Waals surface area contributed by atoms with Crippen molar-refractivity contribution in [3.8, 4) is 5.69 Å². The number of nitrogens with zero attached hydrogens (tertiary/aromatic N) is 4. The molecule has 2 N–H and O–H groups in total. The van der Waals surface area contributed by atoms with Gasteiger partial charge in [-0.25, -0.2) is 4.68 Å². The van der Waals surface area contributed by atoms with Crippen LogP contribution < -0.4 is 10.6 Å². The van der Waals surface area contributed by atoms with E-state index >= 15 is 0 Å². The second-order valence-corrected chi connectivity index (χ2v) is 7.86. The molecule has 0 aliphatic carbocycles. The molecule has 7 heteroatoms. The molecule has 1 unspecified atom stereocenters. The Morgan fingerprint density at radius 3 is 2.70 bits per heavy atom. The third-order valence-electron chi connectivity index (χ3n) is 5.69. The van der Waals surface area contributed by atoms with Gasteiger partial charge in [0, 0.05) is 44.8 Å². The number of benzene rings is 1. The zero-order chi connectivity index (χ0) is 21.5. The van der Waals surface area contributed by atoms with E-state index in [-0.39, 0.29) is 0 Å². The van der Waals surface area contributed by atoms with Crippen molar-refractivity contribution < 1.29 is 4.79 Å². The molecule has 1 aromatic heterocycles. The van der Waals surface area contributed by atoms with Crippen molar-refractivity contribution in [2.75, 3.05) is 20.1 Å². The largest absolute Gasteiger partial charge is 0.356 e. The number of amides is 1. The molecule has 2 heterocycles. The van der Waals surface area contributed by atoms with E-state index in [1.54, 1.807) is 7.05 Å². The summed E-state index contributed by atoms with van der Waals surface area (Å²) in [6.45, 7) is 8.55. The van der Waals surface area contributed by atoms with Gasteiger partial charge in [0.1, 0.15) is 0 Å². The second-order valence-electron chi connectivity index (χ2n) is 7.86. The summed E-state index contributed by atoms with van der Waals surface area (Å²) in [6.07, 6.45) is 3.59. The Bertz CT molecular complexity index is 888. The number of rotatable bonds is 8. The molecule has 7 nitrogen and oxygen atoms in total. The lowest BCUT2D eigenvalue weighted by Gasteiger charge is -2.27. The van der Waals surface area contributed by atoms with Crippen LogP contribution in [0.15, 0.2) is 35.3 Å². The Morgan fingerprint density at radius 1 is 1.27 bits per heavy atom. The number of aliphatic imine (C=N–C) groups is 1. The minimum absolute atomic E-state index is 0.296. The Balaban J connectivity index is 1.56. The maximum Gasteiger partial charge on any atom is 0.222 e. The van der Waals surface area contributed by atoms with Crippen LogP contribution in [0.4, 0.5) is 0 Å². The fraction of sp³-hybridized carbons (Fsp3) is 0.522. The van der Waals surface area contributed by atoms with Crippen LogP contribution in [0.1, 0.15) is 49.6 Å². The molecule has 1 atom stereocenters. The summed E-state index contributed by atoms with van der Waals surface area (Å²) in [4.78, 5) is 18.4. The van der Waals surface area contributed by atoms with Gasteiger partial charge in [-0.05, 0) is 50.8 Å². The van der Waals surface area contributed by atoms with E-state index < -0.39 is 0 Å². The molecular weight excluding hydrogens is 376 g/mol. The van der Waals surface area contributed by atoms with Crippen molar-refractivity contribution in [1.29, 1.82) is 0 Å². The van der Waals surface area contributed by atoms with Gasteiger partial charge in [0.2, 0.25) is 5.91 Å². The smallest absolute Gasteiger partial charge is 0.222 e. The number of hydrogen-bond donors (Lipinski definition) is 2. The van der Waals surface area contributed by atoms with Crippen LogP contribution >= 0.6 is 0 Å². The number of aromatic nitrogens is 2. The van der Waals surface area contributed by atoms with Crippen LogP contribution in [0, 0.1) is 13.8 Å². The van der Waals surface area contributed by atoms with Gasteiger partial charge in [0.25, 0.3) is 0 Å². The zero-order valence-electron chi connectivity index (χ0n) is 18.6. The molecular formula is C23H34N6O. The first-order valence-corrected chi connectivity index (χ1v) is 10.9. The number of carbonyl (C=O) groups is 1. The topological polar surface area (TPSA) is 74.6 Å². The molecule has 0 radical (unpaired) electrons. The quantitative estimate of drug-likeness (QED) is 0.518. The van der Waals surface area contributed by atoms with Crippen molar-refractivity contribution >= 4 is 11.9 Å². The molecule has 0 saturated carbocycles. The number of carbonyl (C=O) groups excluding carboxylic acids is 1. The highest BCUT2D eigenvalue weighted by atomic mass is 16.2. The summed E-state index contributed by atoms with van der Waals surface area (Å²) in [7, 11) is 1.78. The summed E-state index contributed by atoms with van der Waals surface area (Å²) in [5.74, 6) is 1.06. The molecule has 3 rings (SSSR count). The number of likely N-dealkylation sites (tertiary alicyclic amines) is 1. The van der Waals surface area contributed by atoms with Gasteiger partial charge in [0.05, 0.1) is 11.4 Å². The molecule has 30 heavy (non-hydrogen) atoms. The fourth-order valence-corrected chi connectivity index (χ4v) is 4.13. The Hall–Kier alpha value is -2.83. The van der Waals surface area contributed by atoms with E-state index in [0.717, 1.165) is 61.0 Å². The molecule has 2 aromatic rings. The fourth-order valence-electron chi connectivity index (χ4n) is 4.13. The molecule has 1 aliphatic rings. The average Bonchev–Trinajstić information content (AvgIpc) is 3.32.